The molecule has 140 valence electrons. The quantitative estimate of drug-likeness (QED) is 0.676. The van der Waals surface area contributed by atoms with Crippen molar-refractivity contribution in [1.82, 2.24) is 14.8 Å². The zero-order valence-electron chi connectivity index (χ0n) is 15.4. The SMILES string of the molecule is COc1ccc(-c2nc(NCc3ccc(Cl)cc3)n(C(=O)C(C)C)n2)cc1. The van der Waals surface area contributed by atoms with Crippen molar-refractivity contribution in [3.63, 3.8) is 0 Å². The van der Waals surface area contributed by atoms with Crippen LogP contribution in [0.25, 0.3) is 11.4 Å². The Morgan fingerprint density at radius 2 is 1.81 bits per heavy atom. The Labute approximate surface area is 163 Å². The van der Waals surface area contributed by atoms with Crippen LogP contribution >= 0.6 is 11.6 Å². The molecule has 27 heavy (non-hydrogen) atoms. The first-order chi connectivity index (χ1) is 13.0. The molecule has 6 nitrogen and oxygen atoms in total. The van der Waals surface area contributed by atoms with Crippen LogP contribution in [0.3, 0.4) is 0 Å². The Balaban J connectivity index is 1.89. The number of hydrogen-bond acceptors (Lipinski definition) is 5. The van der Waals surface area contributed by atoms with Gasteiger partial charge < -0.3 is 10.1 Å². The van der Waals surface area contributed by atoms with Gasteiger partial charge in [-0.3, -0.25) is 4.79 Å². The number of aromatic nitrogens is 3. The molecule has 0 aliphatic rings. The van der Waals surface area contributed by atoms with E-state index in [1.54, 1.807) is 7.11 Å². The summed E-state index contributed by atoms with van der Waals surface area (Å²) in [6.45, 7) is 4.17. The third-order valence-electron chi connectivity index (χ3n) is 4.02. The van der Waals surface area contributed by atoms with E-state index in [0.29, 0.717) is 23.3 Å². The molecule has 0 saturated heterocycles. The lowest BCUT2D eigenvalue weighted by atomic mass is 10.2. The number of carbonyl (C=O) groups excluding carboxylic acids is 1. The van der Waals surface area contributed by atoms with Crippen molar-refractivity contribution in [2.45, 2.75) is 20.4 Å². The number of ether oxygens (including phenoxy) is 1. The monoisotopic (exact) mass is 384 g/mol. The van der Waals surface area contributed by atoms with E-state index in [1.807, 2.05) is 62.4 Å². The van der Waals surface area contributed by atoms with Gasteiger partial charge in [0.15, 0.2) is 5.82 Å². The van der Waals surface area contributed by atoms with Crippen molar-refractivity contribution in [3.8, 4) is 17.1 Å². The fourth-order valence-corrected chi connectivity index (χ4v) is 2.60. The number of halogens is 1. The highest BCUT2D eigenvalue weighted by atomic mass is 35.5. The Morgan fingerprint density at radius 3 is 2.41 bits per heavy atom. The zero-order valence-corrected chi connectivity index (χ0v) is 16.2. The maximum Gasteiger partial charge on any atom is 0.252 e. The molecule has 7 heteroatoms. The van der Waals surface area contributed by atoms with Crippen molar-refractivity contribution >= 4 is 23.5 Å². The van der Waals surface area contributed by atoms with Gasteiger partial charge in [0.2, 0.25) is 5.95 Å². The van der Waals surface area contributed by atoms with Gasteiger partial charge in [-0.05, 0) is 42.0 Å². The summed E-state index contributed by atoms with van der Waals surface area (Å²) < 4.78 is 6.51. The molecule has 2 aromatic carbocycles. The van der Waals surface area contributed by atoms with E-state index in [4.69, 9.17) is 16.3 Å². The van der Waals surface area contributed by atoms with E-state index in [0.717, 1.165) is 16.9 Å². The highest BCUT2D eigenvalue weighted by Crippen LogP contribution is 2.22. The van der Waals surface area contributed by atoms with E-state index >= 15 is 0 Å². The van der Waals surface area contributed by atoms with E-state index in [1.165, 1.54) is 4.68 Å². The van der Waals surface area contributed by atoms with Crippen LogP contribution in [0.1, 0.15) is 24.2 Å². The van der Waals surface area contributed by atoms with Crippen molar-refractivity contribution < 1.29 is 9.53 Å². The van der Waals surface area contributed by atoms with Gasteiger partial charge in [-0.15, -0.1) is 5.10 Å². The van der Waals surface area contributed by atoms with Gasteiger partial charge in [0.1, 0.15) is 5.75 Å². The van der Waals surface area contributed by atoms with Crippen LogP contribution in [0.4, 0.5) is 5.95 Å². The number of benzene rings is 2. The molecule has 3 rings (SSSR count). The summed E-state index contributed by atoms with van der Waals surface area (Å²) in [6.07, 6.45) is 0. The molecule has 0 aliphatic heterocycles. The zero-order chi connectivity index (χ0) is 19.4. The van der Waals surface area contributed by atoms with E-state index in [-0.39, 0.29) is 11.8 Å². The first kappa shape index (κ1) is 18.9. The minimum absolute atomic E-state index is 0.124. The molecule has 0 aliphatic carbocycles. The Bertz CT molecular complexity index is 918. The first-order valence-corrected chi connectivity index (χ1v) is 8.99. The molecular formula is C20H21ClN4O2. The summed E-state index contributed by atoms with van der Waals surface area (Å²) in [5.41, 5.74) is 1.83. The highest BCUT2D eigenvalue weighted by molar-refractivity contribution is 6.30. The average molecular weight is 385 g/mol. The topological polar surface area (TPSA) is 69.0 Å². The lowest BCUT2D eigenvalue weighted by Gasteiger charge is -2.09. The van der Waals surface area contributed by atoms with Gasteiger partial charge in [-0.1, -0.05) is 37.6 Å². The number of anilines is 1. The molecule has 0 unspecified atom stereocenters. The standard InChI is InChI=1S/C20H21ClN4O2/c1-13(2)19(26)25-20(22-12-14-4-8-16(21)9-5-14)23-18(24-25)15-6-10-17(27-3)11-7-15/h4-11,13H,12H2,1-3H3,(H,22,23,24). The third-order valence-corrected chi connectivity index (χ3v) is 4.27. The minimum Gasteiger partial charge on any atom is -0.497 e. The number of methoxy groups -OCH3 is 1. The summed E-state index contributed by atoms with van der Waals surface area (Å²) in [6, 6.07) is 14.9. The Morgan fingerprint density at radius 1 is 1.15 bits per heavy atom. The van der Waals surface area contributed by atoms with E-state index in [9.17, 15) is 4.79 Å². The van der Waals surface area contributed by atoms with Gasteiger partial charge in [0, 0.05) is 23.0 Å². The molecule has 0 fully saturated rings. The van der Waals surface area contributed by atoms with E-state index in [2.05, 4.69) is 15.4 Å². The van der Waals surface area contributed by atoms with Crippen LogP contribution in [-0.2, 0) is 6.54 Å². The molecule has 1 N–H and O–H groups in total. The molecule has 0 radical (unpaired) electrons. The summed E-state index contributed by atoms with van der Waals surface area (Å²) in [5.74, 6) is 1.31. The lowest BCUT2D eigenvalue weighted by Crippen LogP contribution is -2.21. The number of nitrogens with zero attached hydrogens (tertiary/aromatic N) is 3. The maximum absolute atomic E-state index is 12.5. The van der Waals surface area contributed by atoms with Crippen molar-refractivity contribution in [2.24, 2.45) is 5.92 Å². The van der Waals surface area contributed by atoms with Crippen LogP contribution in [0, 0.1) is 5.92 Å². The molecule has 1 aromatic heterocycles. The number of carbonyl (C=O) groups is 1. The summed E-state index contributed by atoms with van der Waals surface area (Å²) in [4.78, 5) is 17.1. The summed E-state index contributed by atoms with van der Waals surface area (Å²) in [7, 11) is 1.61. The predicted octanol–water partition coefficient (Wildman–Crippen LogP) is 4.52. The van der Waals surface area contributed by atoms with E-state index < -0.39 is 0 Å². The predicted molar refractivity (Wildman–Crippen MR) is 106 cm³/mol. The first-order valence-electron chi connectivity index (χ1n) is 8.62. The summed E-state index contributed by atoms with van der Waals surface area (Å²) >= 11 is 5.92. The van der Waals surface area contributed by atoms with Crippen LogP contribution in [-0.4, -0.2) is 27.8 Å². The lowest BCUT2D eigenvalue weighted by molar-refractivity contribution is 0.0841. The molecule has 1 heterocycles. The molecule has 0 atom stereocenters. The molecule has 0 amide bonds. The molecule has 0 bridgehead atoms. The minimum atomic E-state index is -0.202. The second-order valence-electron chi connectivity index (χ2n) is 6.37. The van der Waals surface area contributed by atoms with Gasteiger partial charge in [-0.2, -0.15) is 9.67 Å². The smallest absolute Gasteiger partial charge is 0.252 e. The fraction of sp³-hybridized carbons (Fsp3) is 0.250. The molecule has 0 saturated carbocycles. The molecule has 3 aromatic rings. The Hall–Kier alpha value is -2.86. The highest BCUT2D eigenvalue weighted by Gasteiger charge is 2.19. The van der Waals surface area contributed by atoms with Crippen LogP contribution in [0.15, 0.2) is 48.5 Å². The Kier molecular flexibility index (Phi) is 5.76. The second-order valence-corrected chi connectivity index (χ2v) is 6.81. The number of rotatable bonds is 6. The van der Waals surface area contributed by atoms with Crippen LogP contribution in [0.2, 0.25) is 5.02 Å². The average Bonchev–Trinajstić information content (AvgIpc) is 3.11. The molecule has 0 spiro atoms. The van der Waals surface area contributed by atoms with Crippen LogP contribution in [0.5, 0.6) is 5.75 Å². The molecular weight excluding hydrogens is 364 g/mol. The van der Waals surface area contributed by atoms with Gasteiger partial charge in [0.05, 0.1) is 7.11 Å². The van der Waals surface area contributed by atoms with Crippen molar-refractivity contribution in [3.05, 3.63) is 59.1 Å². The second kappa shape index (κ2) is 8.22. The third kappa shape index (κ3) is 4.46. The number of hydrogen-bond donors (Lipinski definition) is 1. The van der Waals surface area contributed by atoms with Gasteiger partial charge >= 0.3 is 0 Å². The largest absolute Gasteiger partial charge is 0.497 e. The van der Waals surface area contributed by atoms with Crippen LogP contribution < -0.4 is 10.1 Å². The maximum atomic E-state index is 12.5. The summed E-state index contributed by atoms with van der Waals surface area (Å²) in [5, 5.41) is 8.29. The van der Waals surface area contributed by atoms with Crippen molar-refractivity contribution in [1.29, 1.82) is 0 Å². The van der Waals surface area contributed by atoms with Gasteiger partial charge in [0.25, 0.3) is 5.91 Å². The normalized spacial score (nSPS) is 10.9. The fourth-order valence-electron chi connectivity index (χ4n) is 2.47. The van der Waals surface area contributed by atoms with Crippen molar-refractivity contribution in [2.75, 3.05) is 12.4 Å². The van der Waals surface area contributed by atoms with Gasteiger partial charge in [-0.25, -0.2) is 0 Å². The number of nitrogens with one attached hydrogen (secondary N) is 1.